The maximum atomic E-state index is 13.0. The Morgan fingerprint density at radius 2 is 2.15 bits per heavy atom. The normalized spacial score (nSPS) is 17.0. The molecule has 1 aliphatic rings. The Kier molecular flexibility index (Phi) is 4.32. The van der Waals surface area contributed by atoms with Crippen LogP contribution in [0.4, 0.5) is 5.82 Å². The summed E-state index contributed by atoms with van der Waals surface area (Å²) in [5.41, 5.74) is 2.99. The van der Waals surface area contributed by atoms with Gasteiger partial charge in [0.25, 0.3) is 0 Å². The van der Waals surface area contributed by atoms with Crippen LogP contribution in [-0.2, 0) is 11.2 Å². The average Bonchev–Trinajstić information content (AvgIpc) is 3.29. The maximum Gasteiger partial charge on any atom is 0.227 e. The maximum absolute atomic E-state index is 13.0. The predicted molar refractivity (Wildman–Crippen MR) is 102 cm³/mol. The lowest BCUT2D eigenvalue weighted by Gasteiger charge is -2.25. The number of hydrogen-bond acceptors (Lipinski definition) is 4. The summed E-state index contributed by atoms with van der Waals surface area (Å²) in [7, 11) is 3.89. The Bertz CT molecular complexity index is 933. The van der Waals surface area contributed by atoms with Crippen molar-refractivity contribution < 1.29 is 4.79 Å². The Morgan fingerprint density at radius 1 is 1.31 bits per heavy atom. The first-order valence-corrected chi connectivity index (χ1v) is 8.97. The second kappa shape index (κ2) is 6.78. The van der Waals surface area contributed by atoms with Crippen molar-refractivity contribution in [1.29, 1.82) is 0 Å². The fourth-order valence-electron chi connectivity index (χ4n) is 3.66. The number of nitrogens with one attached hydrogen (secondary N) is 1. The van der Waals surface area contributed by atoms with E-state index in [9.17, 15) is 4.79 Å². The first-order valence-electron chi connectivity index (χ1n) is 8.97. The van der Waals surface area contributed by atoms with Crippen LogP contribution in [0, 0.1) is 0 Å². The summed E-state index contributed by atoms with van der Waals surface area (Å²) in [5, 5.41) is 1.12. The molecule has 6 heteroatoms. The van der Waals surface area contributed by atoms with Crippen LogP contribution in [0.3, 0.4) is 0 Å². The molecule has 2 aromatic heterocycles. The number of nitrogens with zero attached hydrogens (tertiary/aromatic N) is 4. The number of carbonyl (C=O) groups excluding carboxylic acids is 1. The molecule has 0 spiro atoms. The van der Waals surface area contributed by atoms with E-state index in [0.29, 0.717) is 6.42 Å². The Balaban J connectivity index is 1.56. The number of benzene rings is 1. The second-order valence-electron chi connectivity index (χ2n) is 6.98. The first kappa shape index (κ1) is 16.6. The Labute approximate surface area is 152 Å². The van der Waals surface area contributed by atoms with Crippen molar-refractivity contribution in [3.05, 3.63) is 54.1 Å². The highest BCUT2D eigenvalue weighted by Crippen LogP contribution is 2.32. The molecule has 1 amide bonds. The third kappa shape index (κ3) is 3.03. The van der Waals surface area contributed by atoms with E-state index < -0.39 is 0 Å². The highest BCUT2D eigenvalue weighted by Gasteiger charge is 2.31. The molecule has 4 rings (SSSR count). The van der Waals surface area contributed by atoms with Crippen molar-refractivity contribution in [3.63, 3.8) is 0 Å². The van der Waals surface area contributed by atoms with Gasteiger partial charge in [-0.3, -0.25) is 9.78 Å². The zero-order valence-electron chi connectivity index (χ0n) is 15.1. The number of H-pyrrole nitrogens is 1. The first-order chi connectivity index (χ1) is 12.6. The summed E-state index contributed by atoms with van der Waals surface area (Å²) in [6.45, 7) is 0.778. The Hall–Kier alpha value is -2.89. The van der Waals surface area contributed by atoms with Crippen LogP contribution in [0.1, 0.15) is 30.1 Å². The number of para-hydroxylation sites is 1. The van der Waals surface area contributed by atoms with E-state index in [1.165, 1.54) is 0 Å². The summed E-state index contributed by atoms with van der Waals surface area (Å²) in [6, 6.07) is 8.11. The SMILES string of the molecule is CN(C)c1cncc(C2CCCN2C(=O)Cc2c[nH]c3ccccc23)n1. The largest absolute Gasteiger partial charge is 0.361 e. The summed E-state index contributed by atoms with van der Waals surface area (Å²) >= 11 is 0. The number of likely N-dealkylation sites (tertiary alicyclic amines) is 1. The summed E-state index contributed by atoms with van der Waals surface area (Å²) in [6.07, 6.45) is 7.82. The monoisotopic (exact) mass is 349 g/mol. The van der Waals surface area contributed by atoms with Crippen LogP contribution in [0.15, 0.2) is 42.9 Å². The number of fused-ring (bicyclic) bond motifs is 1. The zero-order chi connectivity index (χ0) is 18.1. The van der Waals surface area contributed by atoms with Gasteiger partial charge >= 0.3 is 0 Å². The van der Waals surface area contributed by atoms with Gasteiger partial charge in [0.2, 0.25) is 5.91 Å². The molecule has 0 radical (unpaired) electrons. The van der Waals surface area contributed by atoms with Gasteiger partial charge in [-0.25, -0.2) is 4.98 Å². The molecular formula is C20H23N5O. The van der Waals surface area contributed by atoms with Crippen molar-refractivity contribution in [2.45, 2.75) is 25.3 Å². The number of anilines is 1. The molecule has 3 heterocycles. The minimum atomic E-state index is 0.0140. The van der Waals surface area contributed by atoms with Crippen molar-refractivity contribution in [2.24, 2.45) is 0 Å². The molecular weight excluding hydrogens is 326 g/mol. The number of rotatable bonds is 4. The van der Waals surface area contributed by atoms with Crippen LogP contribution in [-0.4, -0.2) is 46.4 Å². The zero-order valence-corrected chi connectivity index (χ0v) is 15.1. The molecule has 1 fully saturated rings. The van der Waals surface area contributed by atoms with Crippen LogP contribution < -0.4 is 4.90 Å². The van der Waals surface area contributed by atoms with Crippen LogP contribution in [0.5, 0.6) is 0 Å². The van der Waals surface area contributed by atoms with Gasteiger partial charge in [0.15, 0.2) is 0 Å². The summed E-state index contributed by atoms with van der Waals surface area (Å²) < 4.78 is 0. The quantitative estimate of drug-likeness (QED) is 0.786. The minimum absolute atomic E-state index is 0.0140. The molecule has 1 aliphatic heterocycles. The van der Waals surface area contributed by atoms with Gasteiger partial charge in [-0.2, -0.15) is 0 Å². The van der Waals surface area contributed by atoms with Gasteiger partial charge in [0.05, 0.1) is 30.6 Å². The second-order valence-corrected chi connectivity index (χ2v) is 6.98. The van der Waals surface area contributed by atoms with Gasteiger partial charge in [0, 0.05) is 37.7 Å². The van der Waals surface area contributed by atoms with E-state index >= 15 is 0 Å². The Morgan fingerprint density at radius 3 is 3.00 bits per heavy atom. The third-order valence-electron chi connectivity index (χ3n) is 5.03. The van der Waals surface area contributed by atoms with Gasteiger partial charge in [0.1, 0.15) is 5.82 Å². The fraction of sp³-hybridized carbons (Fsp3) is 0.350. The molecule has 0 bridgehead atoms. The third-order valence-corrected chi connectivity index (χ3v) is 5.03. The van der Waals surface area contributed by atoms with Crippen LogP contribution in [0.25, 0.3) is 10.9 Å². The molecule has 1 saturated heterocycles. The minimum Gasteiger partial charge on any atom is -0.361 e. The van der Waals surface area contributed by atoms with E-state index in [2.05, 4.69) is 16.0 Å². The van der Waals surface area contributed by atoms with Gasteiger partial charge in [-0.15, -0.1) is 0 Å². The number of amides is 1. The van der Waals surface area contributed by atoms with E-state index in [-0.39, 0.29) is 11.9 Å². The van der Waals surface area contributed by atoms with Crippen molar-refractivity contribution in [3.8, 4) is 0 Å². The summed E-state index contributed by atoms with van der Waals surface area (Å²) in [4.78, 5) is 29.2. The molecule has 1 aromatic carbocycles. The standard InChI is InChI=1S/C20H23N5O/c1-24(2)19-13-21-12-17(23-19)18-8-5-9-25(18)20(26)10-14-11-22-16-7-4-3-6-15(14)16/h3-4,6-7,11-13,18,22H,5,8-10H2,1-2H3. The van der Waals surface area contributed by atoms with Crippen LogP contribution >= 0.6 is 0 Å². The summed E-state index contributed by atoms with van der Waals surface area (Å²) in [5.74, 6) is 0.965. The lowest BCUT2D eigenvalue weighted by atomic mass is 10.1. The average molecular weight is 349 g/mol. The molecule has 3 aromatic rings. The van der Waals surface area contributed by atoms with Gasteiger partial charge in [-0.1, -0.05) is 18.2 Å². The molecule has 6 nitrogen and oxygen atoms in total. The molecule has 1 unspecified atom stereocenters. The highest BCUT2D eigenvalue weighted by atomic mass is 16.2. The highest BCUT2D eigenvalue weighted by molar-refractivity contribution is 5.89. The van der Waals surface area contributed by atoms with E-state index in [1.54, 1.807) is 12.4 Å². The lowest BCUT2D eigenvalue weighted by molar-refractivity contribution is -0.131. The predicted octanol–water partition coefficient (Wildman–Crippen LogP) is 2.93. The number of hydrogen-bond donors (Lipinski definition) is 1. The smallest absolute Gasteiger partial charge is 0.227 e. The van der Waals surface area contributed by atoms with Gasteiger partial charge < -0.3 is 14.8 Å². The molecule has 134 valence electrons. The van der Waals surface area contributed by atoms with Crippen LogP contribution in [0.2, 0.25) is 0 Å². The van der Waals surface area contributed by atoms with Crippen molar-refractivity contribution >= 4 is 22.6 Å². The van der Waals surface area contributed by atoms with Gasteiger partial charge in [-0.05, 0) is 24.5 Å². The lowest BCUT2D eigenvalue weighted by Crippen LogP contribution is -2.32. The topological polar surface area (TPSA) is 65.1 Å². The molecule has 0 aliphatic carbocycles. The van der Waals surface area contributed by atoms with Crippen molar-refractivity contribution in [1.82, 2.24) is 19.9 Å². The van der Waals surface area contributed by atoms with E-state index in [4.69, 9.17) is 4.98 Å². The molecule has 1 N–H and O–H groups in total. The molecule has 26 heavy (non-hydrogen) atoms. The number of aromatic amines is 1. The molecule has 1 atom stereocenters. The number of carbonyl (C=O) groups is 1. The number of aromatic nitrogens is 3. The van der Waals surface area contributed by atoms with Crippen molar-refractivity contribution in [2.75, 3.05) is 25.5 Å². The van der Waals surface area contributed by atoms with E-state index in [0.717, 1.165) is 47.4 Å². The fourth-order valence-corrected chi connectivity index (χ4v) is 3.66. The molecule has 0 saturated carbocycles. The van der Waals surface area contributed by atoms with E-state index in [1.807, 2.05) is 48.3 Å².